The molecular formula is C7H3Cl3O2. The molecule has 0 saturated carbocycles. The Hall–Kier alpha value is -0.440. The van der Waals surface area contributed by atoms with Crippen LogP contribution in [0.3, 0.4) is 0 Å². The van der Waals surface area contributed by atoms with Crippen LogP contribution >= 0.6 is 34.8 Å². The third-order valence-electron chi connectivity index (χ3n) is 1.22. The second kappa shape index (κ2) is 3.52. The molecule has 64 valence electrons. The summed E-state index contributed by atoms with van der Waals surface area (Å²) in [7, 11) is 0. The lowest BCUT2D eigenvalue weighted by Gasteiger charge is -2.01. The number of rotatable bonds is 1. The molecule has 1 aromatic carbocycles. The number of aromatic hydroxyl groups is 1. The van der Waals surface area contributed by atoms with E-state index < -0.39 is 5.24 Å². The first-order chi connectivity index (χ1) is 5.52. The smallest absolute Gasteiger partial charge is 0.255 e. The first kappa shape index (κ1) is 9.65. The van der Waals surface area contributed by atoms with Crippen LogP contribution in [-0.2, 0) is 0 Å². The summed E-state index contributed by atoms with van der Waals surface area (Å²) in [4.78, 5) is 10.7. The number of phenols is 1. The lowest BCUT2D eigenvalue weighted by Crippen LogP contribution is -1.91. The van der Waals surface area contributed by atoms with Gasteiger partial charge in [0, 0.05) is 0 Å². The van der Waals surface area contributed by atoms with Crippen LogP contribution in [0, 0.1) is 0 Å². The van der Waals surface area contributed by atoms with Crippen molar-refractivity contribution in [3.63, 3.8) is 0 Å². The first-order valence-electron chi connectivity index (χ1n) is 2.90. The van der Waals surface area contributed by atoms with E-state index in [2.05, 4.69) is 0 Å². The molecule has 2 nitrogen and oxygen atoms in total. The van der Waals surface area contributed by atoms with Crippen LogP contribution in [0.2, 0.25) is 10.0 Å². The zero-order valence-electron chi connectivity index (χ0n) is 5.64. The molecule has 0 unspecified atom stereocenters. The fourth-order valence-electron chi connectivity index (χ4n) is 0.748. The Morgan fingerprint density at radius 3 is 2.00 bits per heavy atom. The van der Waals surface area contributed by atoms with Crippen molar-refractivity contribution in [2.75, 3.05) is 0 Å². The Kier molecular flexibility index (Phi) is 2.83. The van der Waals surface area contributed by atoms with Crippen molar-refractivity contribution >= 4 is 40.0 Å². The summed E-state index contributed by atoms with van der Waals surface area (Å²) >= 11 is 16.3. The van der Waals surface area contributed by atoms with Crippen molar-refractivity contribution in [3.8, 4) is 5.75 Å². The Morgan fingerprint density at radius 1 is 1.25 bits per heavy atom. The maximum Gasteiger partial charge on any atom is 0.255 e. The van der Waals surface area contributed by atoms with Gasteiger partial charge in [-0.2, -0.15) is 0 Å². The van der Waals surface area contributed by atoms with E-state index in [9.17, 15) is 4.79 Å². The Morgan fingerprint density at radius 2 is 1.67 bits per heavy atom. The second-order valence-electron chi connectivity index (χ2n) is 2.06. The lowest BCUT2D eigenvalue weighted by molar-refractivity contribution is 0.108. The molecule has 0 aliphatic carbocycles. The minimum Gasteiger partial charge on any atom is -0.508 e. The first-order valence-corrected chi connectivity index (χ1v) is 4.03. The summed E-state index contributed by atoms with van der Waals surface area (Å²) in [5, 5.41) is 8.31. The molecule has 0 heterocycles. The van der Waals surface area contributed by atoms with E-state index in [-0.39, 0.29) is 21.4 Å². The predicted octanol–water partition coefficient (Wildman–Crippen LogP) is 3.08. The number of hydrogen-bond acceptors (Lipinski definition) is 2. The van der Waals surface area contributed by atoms with E-state index in [4.69, 9.17) is 39.9 Å². The molecule has 0 bridgehead atoms. The van der Waals surface area contributed by atoms with Gasteiger partial charge < -0.3 is 5.11 Å². The molecule has 0 radical (unpaired) electrons. The van der Waals surface area contributed by atoms with Gasteiger partial charge in [0.1, 0.15) is 5.75 Å². The van der Waals surface area contributed by atoms with Gasteiger partial charge in [0.15, 0.2) is 0 Å². The van der Waals surface area contributed by atoms with Crippen LogP contribution in [0.1, 0.15) is 10.4 Å². The highest BCUT2D eigenvalue weighted by molar-refractivity contribution is 6.69. The second-order valence-corrected chi connectivity index (χ2v) is 3.22. The van der Waals surface area contributed by atoms with Gasteiger partial charge >= 0.3 is 0 Å². The number of carbonyl (C=O) groups excluding carboxylic acids is 1. The largest absolute Gasteiger partial charge is 0.508 e. The van der Waals surface area contributed by atoms with Crippen LogP contribution in [0.15, 0.2) is 12.1 Å². The van der Waals surface area contributed by atoms with Crippen molar-refractivity contribution in [2.24, 2.45) is 0 Å². The highest BCUT2D eigenvalue weighted by Crippen LogP contribution is 2.30. The van der Waals surface area contributed by atoms with Gasteiger partial charge in [0.25, 0.3) is 5.24 Å². The average Bonchev–Trinajstić information content (AvgIpc) is 1.82. The normalized spacial score (nSPS) is 9.92. The van der Waals surface area contributed by atoms with Crippen LogP contribution < -0.4 is 0 Å². The molecule has 1 aromatic rings. The van der Waals surface area contributed by atoms with E-state index in [0.29, 0.717) is 0 Å². The van der Waals surface area contributed by atoms with Gasteiger partial charge in [-0.1, -0.05) is 23.2 Å². The molecule has 0 aromatic heterocycles. The van der Waals surface area contributed by atoms with Gasteiger partial charge in [-0.15, -0.1) is 0 Å². The topological polar surface area (TPSA) is 37.3 Å². The Balaban J connectivity index is 3.38. The van der Waals surface area contributed by atoms with E-state index >= 15 is 0 Å². The number of phenolic OH excluding ortho intramolecular Hbond substituents is 1. The third-order valence-corrected chi connectivity index (χ3v) is 2.01. The van der Waals surface area contributed by atoms with Gasteiger partial charge in [-0.25, -0.2) is 0 Å². The number of benzene rings is 1. The highest BCUT2D eigenvalue weighted by atomic mass is 35.5. The van der Waals surface area contributed by atoms with Gasteiger partial charge in [-0.3, -0.25) is 4.79 Å². The maximum absolute atomic E-state index is 10.7. The molecule has 12 heavy (non-hydrogen) atoms. The molecule has 1 N–H and O–H groups in total. The minimum absolute atomic E-state index is 0.0119. The van der Waals surface area contributed by atoms with Crippen molar-refractivity contribution in [1.82, 2.24) is 0 Å². The molecule has 0 amide bonds. The molecule has 0 saturated heterocycles. The van der Waals surface area contributed by atoms with Crippen LogP contribution in [-0.4, -0.2) is 10.3 Å². The SMILES string of the molecule is O=C(Cl)c1c(Cl)cc(O)cc1Cl. The fraction of sp³-hybridized carbons (Fsp3) is 0. The van der Waals surface area contributed by atoms with E-state index in [1.165, 1.54) is 12.1 Å². The molecule has 1 rings (SSSR count). The van der Waals surface area contributed by atoms with Crippen LogP contribution in [0.25, 0.3) is 0 Å². The molecule has 0 spiro atoms. The van der Waals surface area contributed by atoms with Crippen LogP contribution in [0.5, 0.6) is 5.75 Å². The summed E-state index contributed by atoms with van der Waals surface area (Å²) in [6.07, 6.45) is 0. The Bertz CT molecular complexity index is 312. The highest BCUT2D eigenvalue weighted by Gasteiger charge is 2.13. The van der Waals surface area contributed by atoms with Gasteiger partial charge in [0.2, 0.25) is 0 Å². The molecule has 0 fully saturated rings. The molecule has 0 aliphatic rings. The van der Waals surface area contributed by atoms with E-state index in [1.807, 2.05) is 0 Å². The van der Waals surface area contributed by atoms with E-state index in [0.717, 1.165) is 0 Å². The lowest BCUT2D eigenvalue weighted by atomic mass is 10.2. The van der Waals surface area contributed by atoms with Crippen molar-refractivity contribution in [1.29, 1.82) is 0 Å². The standard InChI is InChI=1S/C7H3Cl3O2/c8-4-1-3(11)2-5(9)6(4)7(10)12/h1-2,11H. The summed E-state index contributed by atoms with van der Waals surface area (Å²) in [6, 6.07) is 2.39. The predicted molar refractivity (Wildman–Crippen MR) is 48.3 cm³/mol. The van der Waals surface area contributed by atoms with E-state index in [1.54, 1.807) is 0 Å². The van der Waals surface area contributed by atoms with Gasteiger partial charge in [0.05, 0.1) is 15.6 Å². The monoisotopic (exact) mass is 224 g/mol. The summed E-state index contributed by atoms with van der Waals surface area (Å²) in [5.41, 5.74) is 0.0119. The quantitative estimate of drug-likeness (QED) is 0.746. The summed E-state index contributed by atoms with van der Waals surface area (Å²) < 4.78 is 0. The molecule has 0 aliphatic heterocycles. The summed E-state index contributed by atoms with van der Waals surface area (Å²) in [5.74, 6) is -0.105. The number of carbonyl (C=O) groups is 1. The Labute approximate surface area is 83.7 Å². The van der Waals surface area contributed by atoms with Gasteiger partial charge in [-0.05, 0) is 23.7 Å². The number of halogens is 3. The zero-order valence-corrected chi connectivity index (χ0v) is 7.91. The zero-order chi connectivity index (χ0) is 9.30. The van der Waals surface area contributed by atoms with Crippen LogP contribution in [0.4, 0.5) is 0 Å². The van der Waals surface area contributed by atoms with Crippen molar-refractivity contribution < 1.29 is 9.90 Å². The molecule has 5 heteroatoms. The number of hydrogen-bond donors (Lipinski definition) is 1. The summed E-state index contributed by atoms with van der Waals surface area (Å²) in [6.45, 7) is 0. The average molecular weight is 225 g/mol. The third kappa shape index (κ3) is 1.83. The van der Waals surface area contributed by atoms with Crippen molar-refractivity contribution in [3.05, 3.63) is 27.7 Å². The molecular weight excluding hydrogens is 222 g/mol. The van der Waals surface area contributed by atoms with Crippen molar-refractivity contribution in [2.45, 2.75) is 0 Å². The maximum atomic E-state index is 10.7. The molecule has 0 atom stereocenters. The fourth-order valence-corrected chi connectivity index (χ4v) is 1.70. The minimum atomic E-state index is -0.745.